The Morgan fingerprint density at radius 3 is 2.07 bits per heavy atom. The summed E-state index contributed by atoms with van der Waals surface area (Å²) in [5.74, 6) is 0. The molecule has 78 valence electrons. The van der Waals surface area contributed by atoms with Gasteiger partial charge in [-0.2, -0.15) is 13.2 Å². The highest BCUT2D eigenvalue weighted by Gasteiger charge is 2.40. The Bertz CT molecular complexity index is 291. The van der Waals surface area contributed by atoms with E-state index in [9.17, 15) is 17.6 Å². The summed E-state index contributed by atoms with van der Waals surface area (Å²) < 4.78 is 48.0. The molecule has 0 spiro atoms. The molecule has 0 fully saturated rings. The first-order valence-corrected chi connectivity index (χ1v) is 4.71. The molecule has 0 aliphatic rings. The van der Waals surface area contributed by atoms with Gasteiger partial charge in [-0.05, 0) is 19.1 Å². The Morgan fingerprint density at radius 2 is 1.64 bits per heavy atom. The standard InChI is InChI=1S/C9H8F4S/c1-6-2-4-7(5-3-6)14-8(10)9(11,12)13/h2-5,8H,1H3. The van der Waals surface area contributed by atoms with Gasteiger partial charge < -0.3 is 0 Å². The topological polar surface area (TPSA) is 0 Å². The molecular formula is C9H8F4S. The fraction of sp³-hybridized carbons (Fsp3) is 0.333. The number of benzene rings is 1. The zero-order valence-electron chi connectivity index (χ0n) is 7.31. The molecule has 0 heterocycles. The van der Waals surface area contributed by atoms with Crippen molar-refractivity contribution in [2.75, 3.05) is 0 Å². The third kappa shape index (κ3) is 3.21. The predicted molar refractivity (Wildman–Crippen MR) is 48.0 cm³/mol. The summed E-state index contributed by atoms with van der Waals surface area (Å²) in [6.07, 6.45) is -4.80. The highest BCUT2D eigenvalue weighted by molar-refractivity contribution is 7.99. The summed E-state index contributed by atoms with van der Waals surface area (Å²) in [7, 11) is 0. The van der Waals surface area contributed by atoms with Crippen LogP contribution in [0.25, 0.3) is 0 Å². The Kier molecular flexibility index (Phi) is 3.42. The number of alkyl halides is 4. The van der Waals surface area contributed by atoms with Crippen LogP contribution in [-0.4, -0.2) is 11.7 Å². The minimum Gasteiger partial charge on any atom is -0.225 e. The Labute approximate surface area is 83.3 Å². The van der Waals surface area contributed by atoms with Crippen molar-refractivity contribution in [2.45, 2.75) is 23.5 Å². The SMILES string of the molecule is Cc1ccc(SC(F)C(F)(F)F)cc1. The predicted octanol–water partition coefficient (Wildman–Crippen LogP) is 3.95. The van der Waals surface area contributed by atoms with Crippen LogP contribution in [0, 0.1) is 6.92 Å². The lowest BCUT2D eigenvalue weighted by molar-refractivity contribution is -0.154. The lowest BCUT2D eigenvalue weighted by Gasteiger charge is -2.11. The van der Waals surface area contributed by atoms with Gasteiger partial charge in [0, 0.05) is 4.90 Å². The van der Waals surface area contributed by atoms with Crippen molar-refractivity contribution in [3.05, 3.63) is 29.8 Å². The smallest absolute Gasteiger partial charge is 0.225 e. The van der Waals surface area contributed by atoms with Gasteiger partial charge in [0.15, 0.2) is 0 Å². The van der Waals surface area contributed by atoms with Crippen molar-refractivity contribution in [1.29, 1.82) is 0 Å². The summed E-state index contributed by atoms with van der Waals surface area (Å²) >= 11 is 0.168. The normalized spacial score (nSPS) is 14.1. The summed E-state index contributed by atoms with van der Waals surface area (Å²) in [5, 5.41) is 0. The van der Waals surface area contributed by atoms with E-state index in [0.717, 1.165) is 5.56 Å². The van der Waals surface area contributed by atoms with Crippen molar-refractivity contribution in [1.82, 2.24) is 0 Å². The summed E-state index contributed by atoms with van der Waals surface area (Å²) in [6.45, 7) is 1.81. The number of hydrogen-bond acceptors (Lipinski definition) is 1. The van der Waals surface area contributed by atoms with Crippen molar-refractivity contribution < 1.29 is 17.6 Å². The molecular weight excluding hydrogens is 216 g/mol. The van der Waals surface area contributed by atoms with E-state index < -0.39 is 11.7 Å². The van der Waals surface area contributed by atoms with Gasteiger partial charge in [-0.3, -0.25) is 0 Å². The van der Waals surface area contributed by atoms with Gasteiger partial charge >= 0.3 is 6.18 Å². The second-order valence-corrected chi connectivity index (χ2v) is 3.91. The van der Waals surface area contributed by atoms with Crippen LogP contribution in [0.15, 0.2) is 29.2 Å². The first-order valence-electron chi connectivity index (χ1n) is 3.84. The molecule has 0 bridgehead atoms. The molecule has 1 aromatic carbocycles. The van der Waals surface area contributed by atoms with Crippen molar-refractivity contribution in [3.63, 3.8) is 0 Å². The van der Waals surface area contributed by atoms with Gasteiger partial charge in [0.05, 0.1) is 0 Å². The van der Waals surface area contributed by atoms with Crippen molar-refractivity contribution in [3.8, 4) is 0 Å². The van der Waals surface area contributed by atoms with Crippen LogP contribution >= 0.6 is 11.8 Å². The molecule has 1 unspecified atom stereocenters. The number of thioether (sulfide) groups is 1. The average molecular weight is 224 g/mol. The molecule has 1 atom stereocenters. The lowest BCUT2D eigenvalue weighted by Crippen LogP contribution is -2.20. The van der Waals surface area contributed by atoms with Crippen LogP contribution in [0.4, 0.5) is 17.6 Å². The van der Waals surface area contributed by atoms with Crippen LogP contribution in [0.1, 0.15) is 5.56 Å². The van der Waals surface area contributed by atoms with Crippen LogP contribution in [-0.2, 0) is 0 Å². The molecule has 0 saturated carbocycles. The van der Waals surface area contributed by atoms with Gasteiger partial charge in [0.2, 0.25) is 5.50 Å². The molecule has 0 amide bonds. The molecule has 0 aliphatic heterocycles. The van der Waals surface area contributed by atoms with E-state index in [4.69, 9.17) is 0 Å². The van der Waals surface area contributed by atoms with Gasteiger partial charge in [0.1, 0.15) is 0 Å². The highest BCUT2D eigenvalue weighted by Crippen LogP contribution is 2.35. The fourth-order valence-electron chi connectivity index (χ4n) is 0.803. The summed E-state index contributed by atoms with van der Waals surface area (Å²) in [4.78, 5) is 0.278. The molecule has 1 aromatic rings. The fourth-order valence-corrected chi connectivity index (χ4v) is 1.47. The highest BCUT2D eigenvalue weighted by atomic mass is 32.2. The zero-order chi connectivity index (χ0) is 10.8. The van der Waals surface area contributed by atoms with E-state index in [1.807, 2.05) is 6.92 Å². The molecule has 0 aliphatic carbocycles. The van der Waals surface area contributed by atoms with Gasteiger partial charge in [0.25, 0.3) is 0 Å². The van der Waals surface area contributed by atoms with E-state index >= 15 is 0 Å². The molecule has 0 nitrogen and oxygen atoms in total. The van der Waals surface area contributed by atoms with Crippen LogP contribution in [0.5, 0.6) is 0 Å². The van der Waals surface area contributed by atoms with E-state index in [-0.39, 0.29) is 16.7 Å². The van der Waals surface area contributed by atoms with E-state index in [0.29, 0.717) is 0 Å². The lowest BCUT2D eigenvalue weighted by atomic mass is 10.2. The van der Waals surface area contributed by atoms with Crippen molar-refractivity contribution >= 4 is 11.8 Å². The van der Waals surface area contributed by atoms with Crippen LogP contribution in [0.2, 0.25) is 0 Å². The number of halogens is 4. The molecule has 0 saturated heterocycles. The summed E-state index contributed by atoms with van der Waals surface area (Å²) in [6, 6.07) is 6.23. The minimum absolute atomic E-state index is 0.168. The van der Waals surface area contributed by atoms with Crippen LogP contribution in [0.3, 0.4) is 0 Å². The summed E-state index contributed by atoms with van der Waals surface area (Å²) in [5.41, 5.74) is -1.93. The molecule has 0 N–H and O–H groups in total. The first kappa shape index (κ1) is 11.4. The minimum atomic E-state index is -4.80. The maximum absolute atomic E-state index is 12.5. The molecule has 0 aromatic heterocycles. The van der Waals surface area contributed by atoms with Gasteiger partial charge in [-0.1, -0.05) is 29.5 Å². The van der Waals surface area contributed by atoms with Gasteiger partial charge in [-0.15, -0.1) is 0 Å². The second kappa shape index (κ2) is 4.21. The maximum atomic E-state index is 12.5. The number of rotatable bonds is 2. The quantitative estimate of drug-likeness (QED) is 0.541. The Balaban J connectivity index is 2.65. The van der Waals surface area contributed by atoms with E-state index in [2.05, 4.69) is 0 Å². The average Bonchev–Trinajstić information content (AvgIpc) is 2.07. The third-order valence-corrected chi connectivity index (χ3v) is 2.54. The van der Waals surface area contributed by atoms with E-state index in [1.54, 1.807) is 12.1 Å². The monoisotopic (exact) mass is 224 g/mol. The number of hydrogen-bond donors (Lipinski definition) is 0. The Hall–Kier alpha value is -0.710. The number of aryl methyl sites for hydroxylation is 1. The second-order valence-electron chi connectivity index (χ2n) is 2.79. The van der Waals surface area contributed by atoms with Crippen LogP contribution < -0.4 is 0 Å². The van der Waals surface area contributed by atoms with Crippen molar-refractivity contribution in [2.24, 2.45) is 0 Å². The largest absolute Gasteiger partial charge is 0.429 e. The molecule has 0 radical (unpaired) electrons. The third-order valence-electron chi connectivity index (χ3n) is 1.52. The molecule has 1 rings (SSSR count). The Morgan fingerprint density at radius 1 is 1.14 bits per heavy atom. The van der Waals surface area contributed by atoms with E-state index in [1.165, 1.54) is 12.1 Å². The first-order chi connectivity index (χ1) is 6.39. The van der Waals surface area contributed by atoms with Gasteiger partial charge in [-0.25, -0.2) is 4.39 Å². The molecule has 5 heteroatoms. The maximum Gasteiger partial charge on any atom is 0.429 e. The molecule has 14 heavy (non-hydrogen) atoms. The zero-order valence-corrected chi connectivity index (χ0v) is 8.12.